The molecule has 0 spiro atoms. The van der Waals surface area contributed by atoms with Crippen molar-refractivity contribution in [1.29, 1.82) is 0 Å². The topological polar surface area (TPSA) is 87.6 Å². The second-order valence-corrected chi connectivity index (χ2v) is 7.48. The maximum Gasteiger partial charge on any atom is 0.260 e. The zero-order valence-electron chi connectivity index (χ0n) is 13.1. The molecule has 0 saturated carbocycles. The van der Waals surface area contributed by atoms with Gasteiger partial charge in [0.2, 0.25) is 11.8 Å². The molecule has 1 heterocycles. The van der Waals surface area contributed by atoms with Gasteiger partial charge in [0.05, 0.1) is 5.75 Å². The van der Waals surface area contributed by atoms with Crippen LogP contribution in [0.3, 0.4) is 0 Å². The first-order valence-electron chi connectivity index (χ1n) is 6.95. The second-order valence-electron chi connectivity index (χ2n) is 6.51. The highest BCUT2D eigenvalue weighted by atomic mass is 32.2. The van der Waals surface area contributed by atoms with Gasteiger partial charge in [0, 0.05) is 5.54 Å². The van der Waals surface area contributed by atoms with Gasteiger partial charge in [0.1, 0.15) is 5.92 Å². The molecule has 0 fully saturated rings. The predicted molar refractivity (Wildman–Crippen MR) is 83.9 cm³/mol. The molecular weight excluding hydrogens is 290 g/mol. The Morgan fingerprint density at radius 1 is 1.38 bits per heavy atom. The minimum absolute atomic E-state index is 0.110. The minimum atomic E-state index is -0.710. The SMILES string of the molecule is CC(C)CC1C(=O)N=C(SCC(=O)NC(C)(C)C)NC1=O. The largest absolute Gasteiger partial charge is 0.351 e. The van der Waals surface area contributed by atoms with E-state index in [0.29, 0.717) is 6.42 Å². The Kier molecular flexibility index (Phi) is 5.95. The van der Waals surface area contributed by atoms with Gasteiger partial charge < -0.3 is 10.6 Å². The van der Waals surface area contributed by atoms with Gasteiger partial charge in [-0.05, 0) is 33.1 Å². The van der Waals surface area contributed by atoms with E-state index in [-0.39, 0.29) is 34.2 Å². The first kappa shape index (κ1) is 17.7. The van der Waals surface area contributed by atoms with Crippen molar-refractivity contribution in [2.45, 2.75) is 46.6 Å². The van der Waals surface area contributed by atoms with Gasteiger partial charge in [-0.25, -0.2) is 0 Å². The Labute approximate surface area is 129 Å². The molecular formula is C14H23N3O3S. The summed E-state index contributed by atoms with van der Waals surface area (Å²) in [6.07, 6.45) is 0.483. The van der Waals surface area contributed by atoms with Gasteiger partial charge in [0.25, 0.3) is 5.91 Å². The highest BCUT2D eigenvalue weighted by Gasteiger charge is 2.32. The number of aliphatic imine (C=N–C) groups is 1. The summed E-state index contributed by atoms with van der Waals surface area (Å²) in [4.78, 5) is 39.3. The van der Waals surface area contributed by atoms with Gasteiger partial charge in [0.15, 0.2) is 5.17 Å². The summed E-state index contributed by atoms with van der Waals surface area (Å²) in [5.74, 6) is -1.28. The van der Waals surface area contributed by atoms with Gasteiger partial charge in [-0.1, -0.05) is 25.6 Å². The van der Waals surface area contributed by atoms with Crippen LogP contribution in [0.4, 0.5) is 0 Å². The van der Waals surface area contributed by atoms with Crippen LogP contribution in [0.25, 0.3) is 0 Å². The van der Waals surface area contributed by atoms with E-state index in [0.717, 1.165) is 11.8 Å². The smallest absolute Gasteiger partial charge is 0.260 e. The maximum absolute atomic E-state index is 11.9. The van der Waals surface area contributed by atoms with E-state index in [4.69, 9.17) is 0 Å². The fourth-order valence-electron chi connectivity index (χ4n) is 1.85. The Morgan fingerprint density at radius 2 is 2.00 bits per heavy atom. The number of amides is 3. The summed E-state index contributed by atoms with van der Waals surface area (Å²) >= 11 is 1.06. The summed E-state index contributed by atoms with van der Waals surface area (Å²) in [7, 11) is 0. The first-order valence-corrected chi connectivity index (χ1v) is 7.94. The van der Waals surface area contributed by atoms with Crippen molar-refractivity contribution < 1.29 is 14.4 Å². The maximum atomic E-state index is 11.9. The minimum Gasteiger partial charge on any atom is -0.351 e. The van der Waals surface area contributed by atoms with Gasteiger partial charge in [-0.2, -0.15) is 4.99 Å². The normalized spacial score (nSPS) is 19.3. The van der Waals surface area contributed by atoms with E-state index < -0.39 is 11.8 Å². The molecule has 0 radical (unpaired) electrons. The molecule has 6 nitrogen and oxygen atoms in total. The average molecular weight is 313 g/mol. The lowest BCUT2D eigenvalue weighted by Gasteiger charge is -2.22. The number of carbonyl (C=O) groups excluding carboxylic acids is 3. The number of nitrogens with one attached hydrogen (secondary N) is 2. The van der Waals surface area contributed by atoms with Gasteiger partial charge in [-0.15, -0.1) is 0 Å². The number of nitrogens with zero attached hydrogens (tertiary/aromatic N) is 1. The Balaban J connectivity index is 2.57. The fraction of sp³-hybridized carbons (Fsp3) is 0.714. The quantitative estimate of drug-likeness (QED) is 0.766. The van der Waals surface area contributed by atoms with E-state index in [1.54, 1.807) is 0 Å². The summed E-state index contributed by atoms with van der Waals surface area (Å²) in [5, 5.41) is 5.60. The van der Waals surface area contributed by atoms with Crippen molar-refractivity contribution in [3.05, 3.63) is 0 Å². The first-order chi connectivity index (χ1) is 9.58. The molecule has 0 aromatic rings. The average Bonchev–Trinajstić information content (AvgIpc) is 2.29. The molecule has 0 bridgehead atoms. The fourth-order valence-corrected chi connectivity index (χ4v) is 2.51. The summed E-state index contributed by atoms with van der Waals surface area (Å²) < 4.78 is 0. The van der Waals surface area contributed by atoms with Gasteiger partial charge in [-0.3, -0.25) is 14.4 Å². The number of hydrogen-bond acceptors (Lipinski definition) is 4. The zero-order valence-corrected chi connectivity index (χ0v) is 14.0. The molecule has 7 heteroatoms. The molecule has 118 valence electrons. The molecule has 1 unspecified atom stereocenters. The Hall–Kier alpha value is -1.37. The van der Waals surface area contributed by atoms with Crippen molar-refractivity contribution in [1.82, 2.24) is 10.6 Å². The molecule has 0 aromatic carbocycles. The lowest BCUT2D eigenvalue weighted by molar-refractivity contribution is -0.134. The van der Waals surface area contributed by atoms with E-state index in [2.05, 4.69) is 15.6 Å². The van der Waals surface area contributed by atoms with Crippen molar-refractivity contribution >= 4 is 34.7 Å². The van der Waals surface area contributed by atoms with E-state index in [1.807, 2.05) is 34.6 Å². The van der Waals surface area contributed by atoms with Crippen LogP contribution >= 0.6 is 11.8 Å². The highest BCUT2D eigenvalue weighted by Crippen LogP contribution is 2.18. The Morgan fingerprint density at radius 3 is 2.48 bits per heavy atom. The van der Waals surface area contributed by atoms with Crippen LogP contribution in [0.2, 0.25) is 0 Å². The number of rotatable bonds is 4. The molecule has 21 heavy (non-hydrogen) atoms. The lowest BCUT2D eigenvalue weighted by atomic mass is 9.95. The zero-order chi connectivity index (χ0) is 16.2. The molecule has 0 saturated heterocycles. The van der Waals surface area contributed by atoms with Crippen LogP contribution in [-0.2, 0) is 14.4 Å². The lowest BCUT2D eigenvalue weighted by Crippen LogP contribution is -2.45. The molecule has 1 atom stereocenters. The van der Waals surface area contributed by atoms with Crippen molar-refractivity contribution in [3.8, 4) is 0 Å². The molecule has 1 aliphatic heterocycles. The highest BCUT2D eigenvalue weighted by molar-refractivity contribution is 8.14. The molecule has 3 amide bonds. The van der Waals surface area contributed by atoms with Gasteiger partial charge >= 0.3 is 0 Å². The summed E-state index contributed by atoms with van der Waals surface area (Å²) in [5.41, 5.74) is -0.312. The monoisotopic (exact) mass is 313 g/mol. The van der Waals surface area contributed by atoms with E-state index >= 15 is 0 Å². The summed E-state index contributed by atoms with van der Waals surface area (Å²) in [6, 6.07) is 0. The van der Waals surface area contributed by atoms with Crippen molar-refractivity contribution in [2.24, 2.45) is 16.8 Å². The Bertz CT molecular complexity index is 467. The van der Waals surface area contributed by atoms with Crippen molar-refractivity contribution in [2.75, 3.05) is 5.75 Å². The third kappa shape index (κ3) is 6.29. The number of hydrogen-bond donors (Lipinski definition) is 2. The molecule has 2 N–H and O–H groups in total. The number of carbonyl (C=O) groups is 3. The standard InChI is InChI=1S/C14H23N3O3S/c1-8(2)6-9-11(19)15-13(16-12(9)20)21-7-10(18)17-14(3,4)5/h8-9H,6-7H2,1-5H3,(H,17,18)(H,15,16,19,20). The third-order valence-corrected chi connectivity index (χ3v) is 3.49. The molecule has 1 rings (SSSR count). The van der Waals surface area contributed by atoms with E-state index in [9.17, 15) is 14.4 Å². The third-order valence-electron chi connectivity index (χ3n) is 2.62. The number of amidine groups is 1. The predicted octanol–water partition coefficient (Wildman–Crippen LogP) is 1.31. The molecule has 1 aliphatic rings. The van der Waals surface area contributed by atoms with E-state index in [1.165, 1.54) is 0 Å². The van der Waals surface area contributed by atoms with Crippen LogP contribution in [0.15, 0.2) is 4.99 Å². The van der Waals surface area contributed by atoms with Crippen LogP contribution in [-0.4, -0.2) is 34.2 Å². The van der Waals surface area contributed by atoms with Crippen LogP contribution in [0.5, 0.6) is 0 Å². The molecule has 0 aromatic heterocycles. The van der Waals surface area contributed by atoms with Crippen LogP contribution in [0, 0.1) is 11.8 Å². The summed E-state index contributed by atoms with van der Waals surface area (Å²) in [6.45, 7) is 9.55. The molecule has 0 aliphatic carbocycles. The van der Waals surface area contributed by atoms with Crippen LogP contribution < -0.4 is 10.6 Å². The van der Waals surface area contributed by atoms with Crippen molar-refractivity contribution in [3.63, 3.8) is 0 Å². The van der Waals surface area contributed by atoms with Crippen LogP contribution in [0.1, 0.15) is 41.0 Å². The second kappa shape index (κ2) is 7.06. The number of thioether (sulfide) groups is 1.